The van der Waals surface area contributed by atoms with Gasteiger partial charge in [-0.3, -0.25) is 0 Å². The molecule has 0 radical (unpaired) electrons. The van der Waals surface area contributed by atoms with Crippen molar-refractivity contribution in [3.63, 3.8) is 0 Å². The van der Waals surface area contributed by atoms with Gasteiger partial charge in [0.15, 0.2) is 5.76 Å². The van der Waals surface area contributed by atoms with E-state index in [0.717, 1.165) is 12.8 Å². The van der Waals surface area contributed by atoms with Crippen molar-refractivity contribution < 1.29 is 20.1 Å². The largest absolute Gasteiger partial charge is 0.507 e. The first-order valence-electron chi connectivity index (χ1n) is 8.09. The molecule has 0 aromatic heterocycles. The minimum absolute atomic E-state index is 0.263. The second-order valence-electron chi connectivity index (χ2n) is 5.73. The molecule has 4 heteroatoms. The van der Waals surface area contributed by atoms with E-state index in [1.165, 1.54) is 51.4 Å². The Kier molecular flexibility index (Phi) is 8.19. The third-order valence-corrected chi connectivity index (χ3v) is 3.83. The molecule has 4 nitrogen and oxygen atoms in total. The summed E-state index contributed by atoms with van der Waals surface area (Å²) in [6.07, 6.45) is 13.7. The summed E-state index contributed by atoms with van der Waals surface area (Å²) in [4.78, 5) is 0. The lowest BCUT2D eigenvalue weighted by molar-refractivity contribution is 0.0310. The van der Waals surface area contributed by atoms with Crippen molar-refractivity contribution >= 4 is 0 Å². The zero-order valence-electron chi connectivity index (χ0n) is 12.7. The maximum atomic E-state index is 9.49. The zero-order valence-corrected chi connectivity index (χ0v) is 12.7. The van der Waals surface area contributed by atoms with Crippen LogP contribution in [-0.2, 0) is 4.74 Å². The highest BCUT2D eigenvalue weighted by molar-refractivity contribution is 5.12. The summed E-state index contributed by atoms with van der Waals surface area (Å²) in [5.41, 5.74) is 0. The molecule has 20 heavy (non-hydrogen) atoms. The van der Waals surface area contributed by atoms with Crippen LogP contribution in [-0.4, -0.2) is 27.4 Å². The van der Waals surface area contributed by atoms with E-state index in [9.17, 15) is 10.2 Å². The maximum absolute atomic E-state index is 9.49. The number of hydrogen-bond donors (Lipinski definition) is 3. The Hall–Kier alpha value is -0.580. The molecule has 0 aromatic carbocycles. The molecule has 1 heterocycles. The lowest BCUT2D eigenvalue weighted by Crippen LogP contribution is -2.17. The highest BCUT2D eigenvalue weighted by atomic mass is 16.8. The van der Waals surface area contributed by atoms with Gasteiger partial charge in [0.05, 0.1) is 0 Å². The van der Waals surface area contributed by atoms with Gasteiger partial charge in [-0.15, -0.1) is 0 Å². The van der Waals surface area contributed by atoms with Crippen LogP contribution in [0, 0.1) is 0 Å². The normalized spacial score (nSPS) is 25.9. The van der Waals surface area contributed by atoms with Gasteiger partial charge in [0, 0.05) is 0 Å². The van der Waals surface area contributed by atoms with Gasteiger partial charge in [-0.25, -0.2) is 0 Å². The molecule has 1 aliphatic rings. The van der Waals surface area contributed by atoms with Crippen LogP contribution in [0.15, 0.2) is 11.8 Å². The van der Waals surface area contributed by atoms with E-state index in [4.69, 9.17) is 5.11 Å². The molecule has 1 fully saturated rings. The number of aliphatic hydroxyl groups excluding tert-OH is 2. The van der Waals surface area contributed by atoms with E-state index < -0.39 is 12.1 Å². The minimum Gasteiger partial charge on any atom is -0.507 e. The fourth-order valence-corrected chi connectivity index (χ4v) is 2.34. The lowest BCUT2D eigenvalue weighted by Gasteiger charge is -2.03. The van der Waals surface area contributed by atoms with Crippen LogP contribution >= 0.6 is 0 Å². The number of hydrogen-bond acceptors (Lipinski definition) is 4. The molecule has 0 bridgehead atoms. The number of unbranched alkanes of at least 4 members (excludes halogenated alkanes) is 10. The molecule has 0 saturated carbocycles. The highest BCUT2D eigenvalue weighted by Gasteiger charge is 2.59. The number of rotatable bonds is 12. The number of ether oxygens (including phenoxy) is 1. The molecule has 0 amide bonds. The molecule has 1 aliphatic heterocycles. The summed E-state index contributed by atoms with van der Waals surface area (Å²) in [6, 6.07) is 0. The summed E-state index contributed by atoms with van der Waals surface area (Å²) in [5.74, 6) is -2.08. The Morgan fingerprint density at radius 1 is 1.00 bits per heavy atom. The van der Waals surface area contributed by atoms with Crippen LogP contribution in [0.4, 0.5) is 0 Å². The van der Waals surface area contributed by atoms with Crippen molar-refractivity contribution in [1.29, 1.82) is 0 Å². The van der Waals surface area contributed by atoms with E-state index in [-0.39, 0.29) is 5.76 Å². The van der Waals surface area contributed by atoms with Crippen LogP contribution in [0.2, 0.25) is 0 Å². The molecule has 1 rings (SSSR count). The number of aliphatic hydroxyl groups is 3. The maximum Gasteiger partial charge on any atom is 0.280 e. The second-order valence-corrected chi connectivity index (χ2v) is 5.73. The Morgan fingerprint density at radius 3 is 1.90 bits per heavy atom. The quantitative estimate of drug-likeness (QED) is 0.290. The van der Waals surface area contributed by atoms with E-state index in [0.29, 0.717) is 6.42 Å². The van der Waals surface area contributed by atoms with Gasteiger partial charge in [0.2, 0.25) is 6.29 Å². The SMILES string of the molecule is CCCCCCCCCCCC/C=C(\O)C1(O)OC1O. The summed E-state index contributed by atoms with van der Waals surface area (Å²) in [7, 11) is 0. The highest BCUT2D eigenvalue weighted by Crippen LogP contribution is 2.37. The fraction of sp³-hybridized carbons (Fsp3) is 0.875. The predicted molar refractivity (Wildman–Crippen MR) is 79.2 cm³/mol. The Labute approximate surface area is 122 Å². The Bertz CT molecular complexity index is 290. The van der Waals surface area contributed by atoms with E-state index >= 15 is 0 Å². The van der Waals surface area contributed by atoms with Crippen molar-refractivity contribution in [2.75, 3.05) is 0 Å². The molecule has 0 spiro atoms. The van der Waals surface area contributed by atoms with Crippen LogP contribution < -0.4 is 0 Å². The molecule has 1 saturated heterocycles. The van der Waals surface area contributed by atoms with Crippen molar-refractivity contribution in [2.24, 2.45) is 0 Å². The first-order valence-corrected chi connectivity index (χ1v) is 8.09. The van der Waals surface area contributed by atoms with Crippen molar-refractivity contribution in [1.82, 2.24) is 0 Å². The van der Waals surface area contributed by atoms with Crippen LogP contribution in [0.1, 0.15) is 77.6 Å². The summed E-state index contributed by atoms with van der Waals surface area (Å²) in [6.45, 7) is 2.24. The van der Waals surface area contributed by atoms with Crippen LogP contribution in [0.25, 0.3) is 0 Å². The van der Waals surface area contributed by atoms with E-state index in [2.05, 4.69) is 11.7 Å². The smallest absolute Gasteiger partial charge is 0.280 e. The minimum atomic E-state index is -1.82. The summed E-state index contributed by atoms with van der Waals surface area (Å²) < 4.78 is 4.51. The topological polar surface area (TPSA) is 73.2 Å². The van der Waals surface area contributed by atoms with Gasteiger partial charge in [0.1, 0.15) is 0 Å². The summed E-state index contributed by atoms with van der Waals surface area (Å²) >= 11 is 0. The molecule has 2 unspecified atom stereocenters. The van der Waals surface area contributed by atoms with Crippen LogP contribution in [0.3, 0.4) is 0 Å². The third kappa shape index (κ3) is 6.25. The van der Waals surface area contributed by atoms with Gasteiger partial charge in [-0.1, -0.05) is 64.7 Å². The molecule has 3 N–H and O–H groups in total. The predicted octanol–water partition coefficient (Wildman–Crippen LogP) is 3.78. The molecule has 0 aliphatic carbocycles. The average molecular weight is 286 g/mol. The van der Waals surface area contributed by atoms with Gasteiger partial charge >= 0.3 is 0 Å². The second kappa shape index (κ2) is 9.37. The van der Waals surface area contributed by atoms with Crippen LogP contribution in [0.5, 0.6) is 0 Å². The van der Waals surface area contributed by atoms with Crippen molar-refractivity contribution in [3.05, 3.63) is 11.8 Å². The zero-order chi connectivity index (χ0) is 14.8. The first-order chi connectivity index (χ1) is 9.61. The molecule has 118 valence electrons. The molecular weight excluding hydrogens is 256 g/mol. The standard InChI is InChI=1S/C16H30O4/c1-2-3-4-5-6-7-8-9-10-11-12-13-14(17)16(19)15(18)20-16/h13,15,17-19H,2-12H2,1H3/b14-13-. The monoisotopic (exact) mass is 286 g/mol. The van der Waals surface area contributed by atoms with Gasteiger partial charge in [0.25, 0.3) is 5.79 Å². The molecular formula is C16H30O4. The number of epoxide rings is 1. The van der Waals surface area contributed by atoms with Gasteiger partial charge in [-0.05, 0) is 18.9 Å². The molecule has 2 atom stereocenters. The van der Waals surface area contributed by atoms with Crippen molar-refractivity contribution in [2.45, 2.75) is 89.6 Å². The van der Waals surface area contributed by atoms with Gasteiger partial charge < -0.3 is 20.1 Å². The Morgan fingerprint density at radius 2 is 1.45 bits per heavy atom. The summed E-state index contributed by atoms with van der Waals surface area (Å²) in [5, 5.41) is 27.9. The average Bonchev–Trinajstić information content (AvgIpc) is 3.05. The van der Waals surface area contributed by atoms with Gasteiger partial charge in [-0.2, -0.15) is 0 Å². The first kappa shape index (κ1) is 17.5. The molecule has 0 aromatic rings. The van der Waals surface area contributed by atoms with E-state index in [1.807, 2.05) is 0 Å². The van der Waals surface area contributed by atoms with E-state index in [1.54, 1.807) is 6.08 Å². The fourth-order valence-electron chi connectivity index (χ4n) is 2.34. The number of allylic oxidation sites excluding steroid dienone is 1. The van der Waals surface area contributed by atoms with Crippen molar-refractivity contribution in [3.8, 4) is 0 Å². The Balaban J connectivity index is 1.87. The third-order valence-electron chi connectivity index (χ3n) is 3.83. The lowest BCUT2D eigenvalue weighted by atomic mass is 10.1.